The molecule has 0 atom stereocenters. The molecule has 0 saturated carbocycles. The zero-order chi connectivity index (χ0) is 15.5. The Morgan fingerprint density at radius 2 is 1.05 bits per heavy atom. The summed E-state index contributed by atoms with van der Waals surface area (Å²) in [5, 5.41) is 0. The Balaban J connectivity index is 3.14. The maximum absolute atomic E-state index is 11.9. The van der Waals surface area contributed by atoms with Gasteiger partial charge in [0.2, 0.25) is 0 Å². The van der Waals surface area contributed by atoms with E-state index in [9.17, 15) is 21.6 Å². The van der Waals surface area contributed by atoms with Crippen LogP contribution in [0.1, 0.15) is 70.6 Å². The highest BCUT2D eigenvalue weighted by atomic mass is 32.2. The van der Waals surface area contributed by atoms with Crippen molar-refractivity contribution in [2.75, 3.05) is 5.75 Å². The van der Waals surface area contributed by atoms with Crippen molar-refractivity contribution in [3.05, 3.63) is 0 Å². The Morgan fingerprint density at radius 1 is 0.700 bits per heavy atom. The van der Waals surface area contributed by atoms with E-state index in [4.69, 9.17) is 4.55 Å². The van der Waals surface area contributed by atoms with E-state index in [1.807, 2.05) is 0 Å². The van der Waals surface area contributed by atoms with Gasteiger partial charge in [-0.2, -0.15) is 21.6 Å². The summed E-state index contributed by atoms with van der Waals surface area (Å²) in [4.78, 5) is 0. The van der Waals surface area contributed by atoms with E-state index >= 15 is 0 Å². The highest BCUT2D eigenvalue weighted by molar-refractivity contribution is 7.85. The molecule has 122 valence electrons. The first-order valence-corrected chi connectivity index (χ1v) is 8.83. The van der Waals surface area contributed by atoms with Gasteiger partial charge in [-0.05, 0) is 12.8 Å². The van der Waals surface area contributed by atoms with Crippen molar-refractivity contribution in [2.45, 2.75) is 76.8 Å². The van der Waals surface area contributed by atoms with E-state index in [0.29, 0.717) is 12.8 Å². The van der Waals surface area contributed by atoms with E-state index in [1.165, 1.54) is 0 Å². The van der Waals surface area contributed by atoms with E-state index in [0.717, 1.165) is 44.9 Å². The molecule has 0 aromatic rings. The van der Waals surface area contributed by atoms with Gasteiger partial charge in [-0.25, -0.2) is 0 Å². The predicted molar refractivity (Wildman–Crippen MR) is 73.3 cm³/mol. The lowest BCUT2D eigenvalue weighted by molar-refractivity contribution is -0.135. The van der Waals surface area contributed by atoms with Gasteiger partial charge >= 0.3 is 6.18 Å². The van der Waals surface area contributed by atoms with Gasteiger partial charge in [-0.3, -0.25) is 4.55 Å². The summed E-state index contributed by atoms with van der Waals surface area (Å²) < 4.78 is 65.0. The summed E-state index contributed by atoms with van der Waals surface area (Å²) in [6.45, 7) is 0. The van der Waals surface area contributed by atoms with Gasteiger partial charge in [0.1, 0.15) is 0 Å². The van der Waals surface area contributed by atoms with Gasteiger partial charge in [0.15, 0.2) is 0 Å². The van der Waals surface area contributed by atoms with E-state index in [1.54, 1.807) is 0 Å². The minimum Gasteiger partial charge on any atom is -0.286 e. The fraction of sp³-hybridized carbons (Fsp3) is 1.00. The lowest BCUT2D eigenvalue weighted by Gasteiger charge is -2.05. The fourth-order valence-electron chi connectivity index (χ4n) is 2.02. The summed E-state index contributed by atoms with van der Waals surface area (Å²) >= 11 is 0. The van der Waals surface area contributed by atoms with Gasteiger partial charge in [-0.15, -0.1) is 0 Å². The third kappa shape index (κ3) is 17.7. The van der Waals surface area contributed by atoms with Crippen LogP contribution in [0.2, 0.25) is 0 Å². The minimum atomic E-state index is -4.03. The van der Waals surface area contributed by atoms with Gasteiger partial charge in [0.05, 0.1) is 5.75 Å². The number of hydrogen-bond donors (Lipinski definition) is 1. The van der Waals surface area contributed by atoms with Crippen LogP contribution >= 0.6 is 0 Å². The summed E-state index contributed by atoms with van der Waals surface area (Å²) in [7, 11) is -3.82. The zero-order valence-corrected chi connectivity index (χ0v) is 12.6. The second-order valence-electron chi connectivity index (χ2n) is 5.19. The van der Waals surface area contributed by atoms with Crippen molar-refractivity contribution in [3.8, 4) is 0 Å². The van der Waals surface area contributed by atoms with Crippen molar-refractivity contribution in [2.24, 2.45) is 0 Å². The van der Waals surface area contributed by atoms with Crippen molar-refractivity contribution in [3.63, 3.8) is 0 Å². The molecule has 0 rings (SSSR count). The monoisotopic (exact) mass is 318 g/mol. The first-order chi connectivity index (χ1) is 9.21. The quantitative estimate of drug-likeness (QED) is 0.418. The van der Waals surface area contributed by atoms with E-state index < -0.39 is 22.7 Å². The van der Waals surface area contributed by atoms with Crippen molar-refractivity contribution >= 4 is 10.1 Å². The molecule has 0 heterocycles. The molecule has 0 aliphatic heterocycles. The molecule has 0 unspecified atom stereocenters. The first-order valence-electron chi connectivity index (χ1n) is 7.23. The molecular weight excluding hydrogens is 293 g/mol. The SMILES string of the molecule is O=S(=O)(O)CCCCCCCCCCCCC(F)(F)F. The molecule has 0 spiro atoms. The Morgan fingerprint density at radius 3 is 1.40 bits per heavy atom. The standard InChI is InChI=1S/C13H25F3O3S/c14-13(15,16)11-9-7-5-3-1-2-4-6-8-10-12-20(17,18)19/h1-12H2,(H,17,18,19). The van der Waals surface area contributed by atoms with E-state index in [2.05, 4.69) is 0 Å². The molecule has 0 fully saturated rings. The summed E-state index contributed by atoms with van der Waals surface area (Å²) in [5.41, 5.74) is 0. The second kappa shape index (κ2) is 10.4. The van der Waals surface area contributed by atoms with Crippen molar-refractivity contribution in [1.29, 1.82) is 0 Å². The van der Waals surface area contributed by atoms with Crippen LogP contribution in [0.15, 0.2) is 0 Å². The van der Waals surface area contributed by atoms with Gasteiger partial charge < -0.3 is 0 Å². The molecule has 0 saturated heterocycles. The third-order valence-corrected chi connectivity index (χ3v) is 3.92. The molecular formula is C13H25F3O3S. The Kier molecular flexibility index (Phi) is 10.3. The number of hydrogen-bond acceptors (Lipinski definition) is 2. The summed E-state index contributed by atoms with van der Waals surface area (Å²) in [5.74, 6) is -0.174. The zero-order valence-electron chi connectivity index (χ0n) is 11.8. The highest BCUT2D eigenvalue weighted by Crippen LogP contribution is 2.23. The van der Waals surface area contributed by atoms with Crippen molar-refractivity contribution < 1.29 is 26.1 Å². The normalized spacial score (nSPS) is 12.8. The maximum atomic E-state index is 11.9. The molecule has 7 heteroatoms. The first kappa shape index (κ1) is 19.7. The Hall–Kier alpha value is -0.300. The van der Waals surface area contributed by atoms with Crippen LogP contribution in [0.3, 0.4) is 0 Å². The molecule has 0 aromatic heterocycles. The number of rotatable bonds is 12. The highest BCUT2D eigenvalue weighted by Gasteiger charge is 2.25. The molecule has 1 N–H and O–H groups in total. The van der Waals surface area contributed by atoms with Crippen LogP contribution in [0.4, 0.5) is 13.2 Å². The fourth-order valence-corrected chi connectivity index (χ4v) is 2.59. The van der Waals surface area contributed by atoms with Crippen LogP contribution in [0, 0.1) is 0 Å². The van der Waals surface area contributed by atoms with Crippen molar-refractivity contribution in [1.82, 2.24) is 0 Å². The van der Waals surface area contributed by atoms with Gasteiger partial charge in [0.25, 0.3) is 10.1 Å². The van der Waals surface area contributed by atoms with Crippen LogP contribution in [0.5, 0.6) is 0 Å². The maximum Gasteiger partial charge on any atom is 0.389 e. The smallest absolute Gasteiger partial charge is 0.286 e. The lowest BCUT2D eigenvalue weighted by atomic mass is 10.1. The number of unbranched alkanes of at least 4 members (excludes halogenated alkanes) is 9. The largest absolute Gasteiger partial charge is 0.389 e. The number of halogens is 3. The number of alkyl halides is 3. The van der Waals surface area contributed by atoms with Crippen LogP contribution in [-0.4, -0.2) is 24.9 Å². The summed E-state index contributed by atoms with van der Waals surface area (Å²) in [6, 6.07) is 0. The molecule has 0 aliphatic carbocycles. The predicted octanol–water partition coefficient (Wildman–Crippen LogP) is 4.73. The molecule has 0 aromatic carbocycles. The van der Waals surface area contributed by atoms with Crippen LogP contribution in [-0.2, 0) is 10.1 Å². The summed E-state index contributed by atoms with van der Waals surface area (Å²) in [6.07, 6.45) is 3.21. The lowest BCUT2D eigenvalue weighted by Crippen LogP contribution is -2.06. The Labute approximate surface area is 119 Å². The van der Waals surface area contributed by atoms with E-state index in [-0.39, 0.29) is 12.2 Å². The molecule has 0 amide bonds. The minimum absolute atomic E-state index is 0.174. The molecule has 3 nitrogen and oxygen atoms in total. The molecule has 20 heavy (non-hydrogen) atoms. The second-order valence-corrected chi connectivity index (χ2v) is 6.76. The average molecular weight is 318 g/mol. The molecule has 0 radical (unpaired) electrons. The van der Waals surface area contributed by atoms with Gasteiger partial charge in [-0.1, -0.05) is 51.4 Å². The topological polar surface area (TPSA) is 54.4 Å². The Bertz CT molecular complexity index is 326. The molecule has 0 bridgehead atoms. The average Bonchev–Trinajstić information content (AvgIpc) is 2.27. The third-order valence-electron chi connectivity index (χ3n) is 3.11. The molecule has 0 aliphatic rings. The van der Waals surface area contributed by atoms with Crippen LogP contribution in [0.25, 0.3) is 0 Å². The van der Waals surface area contributed by atoms with Crippen LogP contribution < -0.4 is 0 Å². The van der Waals surface area contributed by atoms with Gasteiger partial charge in [0, 0.05) is 6.42 Å².